The second-order valence-corrected chi connectivity index (χ2v) is 3.91. The second kappa shape index (κ2) is 5.63. The first-order chi connectivity index (χ1) is 8.80. The summed E-state index contributed by atoms with van der Waals surface area (Å²) in [6.07, 6.45) is 3.71. The van der Waals surface area contributed by atoms with Crippen molar-refractivity contribution in [2.24, 2.45) is 5.73 Å². The van der Waals surface area contributed by atoms with Crippen molar-refractivity contribution in [1.29, 1.82) is 0 Å². The van der Waals surface area contributed by atoms with E-state index >= 15 is 0 Å². The molecule has 0 saturated carbocycles. The molecule has 7 nitrogen and oxygen atoms in total. The zero-order chi connectivity index (χ0) is 13.0. The first kappa shape index (κ1) is 12.6. The standard InChI is InChI=1S/C11H19N7/c1-3-13-11-16-15-10(18(11)4-2)9-7-17(6-5-12)8-14-9/h7-8H,3-6,12H2,1-2H3,(H,13,16). The number of anilines is 1. The molecule has 0 aliphatic rings. The molecule has 98 valence electrons. The predicted octanol–water partition coefficient (Wildman–Crippen LogP) is 0.552. The van der Waals surface area contributed by atoms with Gasteiger partial charge in [-0.2, -0.15) is 0 Å². The fourth-order valence-electron chi connectivity index (χ4n) is 1.83. The van der Waals surface area contributed by atoms with Crippen molar-refractivity contribution in [2.75, 3.05) is 18.4 Å². The maximum absolute atomic E-state index is 5.52. The Kier molecular flexibility index (Phi) is 3.93. The number of nitrogens with zero attached hydrogens (tertiary/aromatic N) is 5. The van der Waals surface area contributed by atoms with E-state index in [9.17, 15) is 0 Å². The average molecular weight is 249 g/mol. The molecule has 2 aromatic rings. The van der Waals surface area contributed by atoms with Crippen LogP contribution >= 0.6 is 0 Å². The van der Waals surface area contributed by atoms with E-state index in [0.717, 1.165) is 37.1 Å². The van der Waals surface area contributed by atoms with Crippen molar-refractivity contribution >= 4 is 5.95 Å². The number of nitrogens with two attached hydrogens (primary N) is 1. The zero-order valence-corrected chi connectivity index (χ0v) is 10.8. The summed E-state index contributed by atoms with van der Waals surface area (Å²) in [6.45, 7) is 7.06. The van der Waals surface area contributed by atoms with Gasteiger partial charge in [0, 0.05) is 32.4 Å². The lowest BCUT2D eigenvalue weighted by atomic mass is 10.4. The van der Waals surface area contributed by atoms with Crippen LogP contribution in [0.1, 0.15) is 13.8 Å². The third kappa shape index (κ3) is 2.35. The van der Waals surface area contributed by atoms with Gasteiger partial charge in [-0.05, 0) is 13.8 Å². The van der Waals surface area contributed by atoms with Crippen LogP contribution in [-0.4, -0.2) is 37.4 Å². The third-order valence-corrected chi connectivity index (χ3v) is 2.65. The maximum atomic E-state index is 5.52. The van der Waals surface area contributed by atoms with Crippen LogP contribution in [-0.2, 0) is 13.1 Å². The molecular formula is C11H19N7. The van der Waals surface area contributed by atoms with Gasteiger partial charge in [-0.3, -0.25) is 4.57 Å². The summed E-state index contributed by atoms with van der Waals surface area (Å²) in [5.74, 6) is 1.56. The Morgan fingerprint density at radius 2 is 2.17 bits per heavy atom. The Hall–Kier alpha value is -1.89. The predicted molar refractivity (Wildman–Crippen MR) is 70.1 cm³/mol. The summed E-state index contributed by atoms with van der Waals surface area (Å²) in [5, 5.41) is 11.5. The molecule has 0 aromatic carbocycles. The lowest BCUT2D eigenvalue weighted by Crippen LogP contribution is -2.08. The monoisotopic (exact) mass is 249 g/mol. The fourth-order valence-corrected chi connectivity index (χ4v) is 1.83. The number of aromatic nitrogens is 5. The van der Waals surface area contributed by atoms with Gasteiger partial charge in [-0.25, -0.2) is 4.98 Å². The molecule has 2 rings (SSSR count). The zero-order valence-electron chi connectivity index (χ0n) is 10.8. The van der Waals surface area contributed by atoms with Gasteiger partial charge in [0.1, 0.15) is 5.69 Å². The molecule has 3 N–H and O–H groups in total. The molecule has 0 amide bonds. The van der Waals surface area contributed by atoms with Gasteiger partial charge in [0.25, 0.3) is 0 Å². The van der Waals surface area contributed by atoms with Crippen LogP contribution in [0.25, 0.3) is 11.5 Å². The molecule has 0 spiro atoms. The van der Waals surface area contributed by atoms with E-state index in [1.807, 2.05) is 22.3 Å². The molecule has 0 unspecified atom stereocenters. The molecule has 0 atom stereocenters. The molecule has 2 aromatic heterocycles. The molecule has 0 fully saturated rings. The molecule has 0 bridgehead atoms. The van der Waals surface area contributed by atoms with E-state index in [2.05, 4.69) is 27.4 Å². The molecule has 18 heavy (non-hydrogen) atoms. The maximum Gasteiger partial charge on any atom is 0.224 e. The lowest BCUT2D eigenvalue weighted by molar-refractivity contribution is 0.707. The first-order valence-corrected chi connectivity index (χ1v) is 6.19. The Morgan fingerprint density at radius 1 is 1.33 bits per heavy atom. The number of hydrogen-bond donors (Lipinski definition) is 2. The summed E-state index contributed by atoms with van der Waals surface area (Å²) in [4.78, 5) is 4.34. The van der Waals surface area contributed by atoms with Gasteiger partial charge in [-0.15, -0.1) is 10.2 Å². The Labute approximate surface area is 106 Å². The van der Waals surface area contributed by atoms with Gasteiger partial charge in [0.15, 0.2) is 5.82 Å². The lowest BCUT2D eigenvalue weighted by Gasteiger charge is -2.06. The summed E-state index contributed by atoms with van der Waals surface area (Å²) >= 11 is 0. The van der Waals surface area contributed by atoms with Gasteiger partial charge in [0.2, 0.25) is 5.95 Å². The van der Waals surface area contributed by atoms with Crippen LogP contribution in [0.15, 0.2) is 12.5 Å². The Morgan fingerprint density at radius 3 is 2.83 bits per heavy atom. The van der Waals surface area contributed by atoms with E-state index < -0.39 is 0 Å². The summed E-state index contributed by atoms with van der Waals surface area (Å²) < 4.78 is 3.97. The van der Waals surface area contributed by atoms with E-state index in [4.69, 9.17) is 5.73 Å². The van der Waals surface area contributed by atoms with E-state index in [1.165, 1.54) is 0 Å². The fraction of sp³-hybridized carbons (Fsp3) is 0.545. The van der Waals surface area contributed by atoms with E-state index in [1.54, 1.807) is 6.33 Å². The summed E-state index contributed by atoms with van der Waals surface area (Å²) in [6, 6.07) is 0. The SMILES string of the molecule is CCNc1nnc(-c2cn(CCN)cn2)n1CC. The van der Waals surface area contributed by atoms with Crippen molar-refractivity contribution < 1.29 is 0 Å². The van der Waals surface area contributed by atoms with Crippen molar-refractivity contribution in [1.82, 2.24) is 24.3 Å². The Bertz CT molecular complexity index is 499. The molecule has 0 radical (unpaired) electrons. The quantitative estimate of drug-likeness (QED) is 0.781. The minimum absolute atomic E-state index is 0.596. The highest BCUT2D eigenvalue weighted by Crippen LogP contribution is 2.18. The first-order valence-electron chi connectivity index (χ1n) is 6.19. The molecular weight excluding hydrogens is 230 g/mol. The van der Waals surface area contributed by atoms with E-state index in [0.29, 0.717) is 6.54 Å². The van der Waals surface area contributed by atoms with Crippen molar-refractivity contribution in [3.05, 3.63) is 12.5 Å². The molecule has 0 aliphatic carbocycles. The highest BCUT2D eigenvalue weighted by atomic mass is 15.4. The third-order valence-electron chi connectivity index (χ3n) is 2.65. The molecule has 0 aliphatic heterocycles. The van der Waals surface area contributed by atoms with Gasteiger partial charge in [-0.1, -0.05) is 0 Å². The highest BCUT2D eigenvalue weighted by molar-refractivity contribution is 5.51. The topological polar surface area (TPSA) is 86.6 Å². The molecule has 2 heterocycles. The minimum atomic E-state index is 0.596. The van der Waals surface area contributed by atoms with E-state index in [-0.39, 0.29) is 0 Å². The van der Waals surface area contributed by atoms with Crippen molar-refractivity contribution in [3.8, 4) is 11.5 Å². The number of nitrogens with one attached hydrogen (secondary N) is 1. The van der Waals surface area contributed by atoms with Gasteiger partial charge in [0.05, 0.1) is 6.33 Å². The smallest absolute Gasteiger partial charge is 0.224 e. The number of imidazole rings is 1. The van der Waals surface area contributed by atoms with Crippen LogP contribution in [0.5, 0.6) is 0 Å². The van der Waals surface area contributed by atoms with Gasteiger partial charge < -0.3 is 15.6 Å². The van der Waals surface area contributed by atoms with Crippen LogP contribution in [0.3, 0.4) is 0 Å². The molecule has 0 saturated heterocycles. The average Bonchev–Trinajstić information content (AvgIpc) is 2.96. The number of hydrogen-bond acceptors (Lipinski definition) is 5. The van der Waals surface area contributed by atoms with Crippen molar-refractivity contribution in [3.63, 3.8) is 0 Å². The molecule has 7 heteroatoms. The van der Waals surface area contributed by atoms with Gasteiger partial charge >= 0.3 is 0 Å². The highest BCUT2D eigenvalue weighted by Gasteiger charge is 2.13. The Balaban J connectivity index is 2.31. The largest absolute Gasteiger partial charge is 0.355 e. The summed E-state index contributed by atoms with van der Waals surface area (Å²) in [7, 11) is 0. The second-order valence-electron chi connectivity index (χ2n) is 3.91. The van der Waals surface area contributed by atoms with Crippen LogP contribution < -0.4 is 11.1 Å². The van der Waals surface area contributed by atoms with Crippen LogP contribution in [0.2, 0.25) is 0 Å². The normalized spacial score (nSPS) is 10.8. The van der Waals surface area contributed by atoms with Crippen LogP contribution in [0, 0.1) is 0 Å². The summed E-state index contributed by atoms with van der Waals surface area (Å²) in [5.41, 5.74) is 6.34. The number of rotatable bonds is 6. The van der Waals surface area contributed by atoms with Crippen molar-refractivity contribution in [2.45, 2.75) is 26.9 Å². The minimum Gasteiger partial charge on any atom is -0.355 e. The van der Waals surface area contributed by atoms with Crippen LogP contribution in [0.4, 0.5) is 5.95 Å².